The predicted octanol–water partition coefficient (Wildman–Crippen LogP) is 9.92. The lowest BCUT2D eigenvalue weighted by Crippen LogP contribution is -2.47. The van der Waals surface area contributed by atoms with Crippen LogP contribution in [0.25, 0.3) is 6.08 Å². The summed E-state index contributed by atoms with van der Waals surface area (Å²) in [6.45, 7) is 9.56. The zero-order valence-corrected chi connectivity index (χ0v) is 32.3. The normalized spacial score (nSPS) is 13.2. The SMILES string of the molecule is Cc1ccc(COCCc2ccc(CN3CCN(C(=O)/C=C/c4cc(C)c(Oc5ccc(OCc6ccccc6Cl)cn5)c(Cl)c4)CC3)cc2)cc1.Cl. The fourth-order valence-corrected chi connectivity index (χ4v) is 6.41. The van der Waals surface area contributed by atoms with Crippen LogP contribution >= 0.6 is 35.6 Å². The van der Waals surface area contributed by atoms with Crippen molar-refractivity contribution in [3.8, 4) is 17.4 Å². The first-order chi connectivity index (χ1) is 25.3. The highest BCUT2D eigenvalue weighted by molar-refractivity contribution is 6.32. The Kier molecular flexibility index (Phi) is 14.8. The Morgan fingerprint density at radius 2 is 1.53 bits per heavy atom. The molecule has 1 aliphatic heterocycles. The van der Waals surface area contributed by atoms with Gasteiger partial charge in [-0.15, -0.1) is 12.4 Å². The van der Waals surface area contributed by atoms with Gasteiger partial charge in [0, 0.05) is 55.5 Å². The maximum Gasteiger partial charge on any atom is 0.246 e. The van der Waals surface area contributed by atoms with Crippen LogP contribution in [0.15, 0.2) is 109 Å². The number of aryl methyl sites for hydroxylation is 2. The van der Waals surface area contributed by atoms with Crippen LogP contribution in [-0.4, -0.2) is 53.5 Å². The van der Waals surface area contributed by atoms with Crippen LogP contribution < -0.4 is 9.47 Å². The lowest BCUT2D eigenvalue weighted by atomic mass is 10.1. The number of benzene rings is 4. The third-order valence-corrected chi connectivity index (χ3v) is 9.63. The first-order valence-electron chi connectivity index (χ1n) is 17.5. The second-order valence-corrected chi connectivity index (χ2v) is 13.8. The molecule has 5 aromatic rings. The van der Waals surface area contributed by atoms with Crippen molar-refractivity contribution in [1.29, 1.82) is 0 Å². The van der Waals surface area contributed by atoms with E-state index in [2.05, 4.69) is 65.3 Å². The minimum Gasteiger partial charge on any atom is -0.487 e. The number of nitrogens with zero attached hydrogens (tertiary/aromatic N) is 3. The van der Waals surface area contributed by atoms with Gasteiger partial charge in [0.15, 0.2) is 5.75 Å². The standard InChI is InChI=1S/C43H43Cl2N3O4.ClH/c1-31-7-9-35(10-8-31)29-50-24-19-33-11-13-34(14-12-33)28-47-20-22-48(23-21-47)42(49)18-15-36-25-32(2)43(40(45)26-36)52-41-17-16-38(27-46-41)51-30-37-5-3-4-6-39(37)44;/h3-18,25-27H,19-24,28-30H2,1-2H3;1H/b18-15+;. The first-order valence-corrected chi connectivity index (χ1v) is 18.3. The number of ether oxygens (including phenoxy) is 3. The number of aromatic nitrogens is 1. The maximum absolute atomic E-state index is 13.1. The molecule has 1 aromatic heterocycles. The van der Waals surface area contributed by atoms with Gasteiger partial charge in [-0.2, -0.15) is 0 Å². The molecule has 4 aromatic carbocycles. The van der Waals surface area contributed by atoms with Gasteiger partial charge in [0.1, 0.15) is 12.4 Å². The number of hydrogen-bond acceptors (Lipinski definition) is 6. The monoisotopic (exact) mass is 771 g/mol. The summed E-state index contributed by atoms with van der Waals surface area (Å²) in [6.07, 6.45) is 5.91. The maximum atomic E-state index is 13.1. The van der Waals surface area contributed by atoms with Crippen LogP contribution in [0.3, 0.4) is 0 Å². The summed E-state index contributed by atoms with van der Waals surface area (Å²) in [5.74, 6) is 1.48. The van der Waals surface area contributed by atoms with Crippen molar-refractivity contribution in [2.24, 2.45) is 0 Å². The van der Waals surface area contributed by atoms with E-state index in [9.17, 15) is 4.79 Å². The number of pyridine rings is 1. The molecule has 0 N–H and O–H groups in total. The number of amides is 1. The molecule has 0 unspecified atom stereocenters. The van der Waals surface area contributed by atoms with E-state index in [1.165, 1.54) is 22.3 Å². The molecule has 1 saturated heterocycles. The molecular weight excluding hydrogens is 729 g/mol. The summed E-state index contributed by atoms with van der Waals surface area (Å²) in [5.41, 5.74) is 7.54. The smallest absolute Gasteiger partial charge is 0.246 e. The van der Waals surface area contributed by atoms with Gasteiger partial charge in [0.25, 0.3) is 0 Å². The minimum atomic E-state index is -0.0104. The average molecular weight is 773 g/mol. The van der Waals surface area contributed by atoms with Crippen LogP contribution in [-0.2, 0) is 35.7 Å². The van der Waals surface area contributed by atoms with Crippen molar-refractivity contribution >= 4 is 47.6 Å². The van der Waals surface area contributed by atoms with E-state index < -0.39 is 0 Å². The van der Waals surface area contributed by atoms with Crippen LogP contribution in [0.1, 0.15) is 38.9 Å². The molecule has 0 aliphatic carbocycles. The van der Waals surface area contributed by atoms with Crippen LogP contribution in [0.4, 0.5) is 0 Å². The van der Waals surface area contributed by atoms with E-state index in [1.54, 1.807) is 36.5 Å². The Bertz CT molecular complexity index is 1940. The Labute approximate surface area is 328 Å². The van der Waals surface area contributed by atoms with E-state index in [-0.39, 0.29) is 18.3 Å². The van der Waals surface area contributed by atoms with Crippen LogP contribution in [0.2, 0.25) is 10.0 Å². The van der Waals surface area contributed by atoms with Gasteiger partial charge in [-0.1, -0.05) is 95.5 Å². The van der Waals surface area contributed by atoms with Gasteiger partial charge in [-0.3, -0.25) is 9.69 Å². The molecule has 0 bridgehead atoms. The molecule has 0 spiro atoms. The first kappa shape index (κ1) is 39.8. The zero-order valence-electron chi connectivity index (χ0n) is 30.0. The molecule has 7 nitrogen and oxygen atoms in total. The number of rotatable bonds is 14. The number of hydrogen-bond donors (Lipinski definition) is 0. The lowest BCUT2D eigenvalue weighted by molar-refractivity contribution is -0.127. The van der Waals surface area contributed by atoms with E-state index in [4.69, 9.17) is 37.4 Å². The molecule has 10 heteroatoms. The summed E-state index contributed by atoms with van der Waals surface area (Å²) in [4.78, 5) is 21.7. The number of piperazine rings is 1. The van der Waals surface area contributed by atoms with Crippen molar-refractivity contribution in [2.75, 3.05) is 32.8 Å². The van der Waals surface area contributed by atoms with Gasteiger partial charge in [0.05, 0.1) is 24.4 Å². The van der Waals surface area contributed by atoms with Crippen molar-refractivity contribution in [2.45, 2.75) is 40.0 Å². The van der Waals surface area contributed by atoms with Gasteiger partial charge >= 0.3 is 0 Å². The highest BCUT2D eigenvalue weighted by atomic mass is 35.5. The minimum absolute atomic E-state index is 0. The van der Waals surface area contributed by atoms with Crippen molar-refractivity contribution < 1.29 is 19.0 Å². The van der Waals surface area contributed by atoms with Crippen molar-refractivity contribution in [1.82, 2.24) is 14.8 Å². The van der Waals surface area contributed by atoms with Crippen molar-refractivity contribution in [3.05, 3.63) is 158 Å². The highest BCUT2D eigenvalue weighted by Gasteiger charge is 2.20. The van der Waals surface area contributed by atoms with E-state index in [1.807, 2.05) is 42.2 Å². The summed E-state index contributed by atoms with van der Waals surface area (Å²) in [6, 6.07) is 32.0. The third-order valence-electron chi connectivity index (χ3n) is 8.98. The molecular formula is C43H44Cl3N3O4. The van der Waals surface area contributed by atoms with Gasteiger partial charge < -0.3 is 19.1 Å². The molecule has 53 heavy (non-hydrogen) atoms. The predicted molar refractivity (Wildman–Crippen MR) is 215 cm³/mol. The number of carbonyl (C=O) groups is 1. The second-order valence-electron chi connectivity index (χ2n) is 13.0. The Balaban J connectivity index is 0.00000541. The van der Waals surface area contributed by atoms with Gasteiger partial charge in [0.2, 0.25) is 11.8 Å². The Morgan fingerprint density at radius 3 is 2.23 bits per heavy atom. The second kappa shape index (κ2) is 19.6. The van der Waals surface area contributed by atoms with Gasteiger partial charge in [-0.05, 0) is 78.4 Å². The fourth-order valence-electron chi connectivity index (χ4n) is 5.91. The largest absolute Gasteiger partial charge is 0.487 e. The summed E-state index contributed by atoms with van der Waals surface area (Å²) >= 11 is 12.8. The number of carbonyl (C=O) groups excluding carboxylic acids is 1. The fraction of sp³-hybridized carbons (Fsp3) is 0.256. The Hall–Kier alpha value is -4.37. The lowest BCUT2D eigenvalue weighted by Gasteiger charge is -2.34. The molecule has 2 heterocycles. The van der Waals surface area contributed by atoms with E-state index >= 15 is 0 Å². The van der Waals surface area contributed by atoms with Crippen LogP contribution in [0.5, 0.6) is 17.4 Å². The molecule has 276 valence electrons. The van der Waals surface area contributed by atoms with E-state index in [0.29, 0.717) is 60.3 Å². The average Bonchev–Trinajstić information content (AvgIpc) is 3.16. The third kappa shape index (κ3) is 11.8. The topological polar surface area (TPSA) is 64.1 Å². The molecule has 1 aliphatic rings. The molecule has 0 saturated carbocycles. The number of halogens is 3. The quantitative estimate of drug-likeness (QED) is 0.0828. The Morgan fingerprint density at radius 1 is 0.811 bits per heavy atom. The summed E-state index contributed by atoms with van der Waals surface area (Å²) in [5, 5.41) is 1.09. The molecule has 0 radical (unpaired) electrons. The summed E-state index contributed by atoms with van der Waals surface area (Å²) in [7, 11) is 0. The zero-order chi connectivity index (χ0) is 36.3. The molecule has 1 amide bonds. The summed E-state index contributed by atoms with van der Waals surface area (Å²) < 4.78 is 17.7. The van der Waals surface area contributed by atoms with Gasteiger partial charge in [-0.25, -0.2) is 4.98 Å². The molecule has 1 fully saturated rings. The molecule has 0 atom stereocenters. The van der Waals surface area contributed by atoms with Crippen molar-refractivity contribution in [3.63, 3.8) is 0 Å². The van der Waals surface area contributed by atoms with Crippen LogP contribution in [0, 0.1) is 13.8 Å². The molecule has 6 rings (SSSR count). The highest BCUT2D eigenvalue weighted by Crippen LogP contribution is 2.34. The van der Waals surface area contributed by atoms with E-state index in [0.717, 1.165) is 42.7 Å².